The van der Waals surface area contributed by atoms with Gasteiger partial charge in [-0.05, 0) is 38.1 Å². The lowest BCUT2D eigenvalue weighted by Gasteiger charge is -2.18. The van der Waals surface area contributed by atoms with Crippen LogP contribution < -0.4 is 9.47 Å². The molecule has 4 rings (SSSR count). The molecule has 2 aromatic carbocycles. The quantitative estimate of drug-likeness (QED) is 0.864. The first-order valence-electron chi connectivity index (χ1n) is 8.39. The third kappa shape index (κ3) is 3.12. The fraction of sp³-hybridized carbons (Fsp3) is 0.400. The van der Waals surface area contributed by atoms with Gasteiger partial charge in [-0.25, -0.2) is 0 Å². The Hall–Kier alpha value is -2.04. The van der Waals surface area contributed by atoms with Gasteiger partial charge in [0, 0.05) is 0 Å². The highest BCUT2D eigenvalue weighted by atomic mass is 16.6. The molecule has 0 saturated carbocycles. The molecule has 126 valence electrons. The van der Waals surface area contributed by atoms with Crippen molar-refractivity contribution in [3.63, 3.8) is 0 Å². The number of hydrogen-bond acceptors (Lipinski definition) is 4. The van der Waals surface area contributed by atoms with Crippen molar-refractivity contribution in [3.05, 3.63) is 59.7 Å². The molecule has 2 saturated heterocycles. The Morgan fingerprint density at radius 2 is 1.04 bits per heavy atom. The van der Waals surface area contributed by atoms with Crippen LogP contribution in [0, 0.1) is 13.8 Å². The lowest BCUT2D eigenvalue weighted by atomic mass is 10.1. The lowest BCUT2D eigenvalue weighted by molar-refractivity contribution is 0.0181. The Bertz CT molecular complexity index is 618. The second-order valence-electron chi connectivity index (χ2n) is 6.53. The number of rotatable bonds is 4. The zero-order valence-corrected chi connectivity index (χ0v) is 14.0. The summed E-state index contributed by atoms with van der Waals surface area (Å²) in [7, 11) is 0. The molecule has 0 bridgehead atoms. The molecule has 2 aliphatic heterocycles. The van der Waals surface area contributed by atoms with Crippen molar-refractivity contribution in [2.75, 3.05) is 13.2 Å². The number of aryl methyl sites for hydroxylation is 2. The van der Waals surface area contributed by atoms with E-state index in [4.69, 9.17) is 18.9 Å². The van der Waals surface area contributed by atoms with Gasteiger partial charge in [-0.1, -0.05) is 35.4 Å². The summed E-state index contributed by atoms with van der Waals surface area (Å²) in [6.45, 7) is 5.17. The zero-order chi connectivity index (χ0) is 16.5. The maximum Gasteiger partial charge on any atom is 0.151 e. The SMILES string of the molecule is Cc1ccc(OC2COC3C(Oc4ccc(C)cc4)COC23)cc1. The number of hydrogen-bond donors (Lipinski definition) is 0. The molecule has 4 heteroatoms. The second kappa shape index (κ2) is 6.46. The molecule has 0 aliphatic carbocycles. The Morgan fingerprint density at radius 1 is 0.667 bits per heavy atom. The molecule has 0 radical (unpaired) electrons. The third-order valence-corrected chi connectivity index (χ3v) is 4.58. The second-order valence-corrected chi connectivity index (χ2v) is 6.53. The van der Waals surface area contributed by atoms with Gasteiger partial charge in [0.05, 0.1) is 13.2 Å². The Kier molecular flexibility index (Phi) is 4.17. The monoisotopic (exact) mass is 326 g/mol. The molecule has 0 N–H and O–H groups in total. The van der Waals surface area contributed by atoms with Gasteiger partial charge < -0.3 is 18.9 Å². The largest absolute Gasteiger partial charge is 0.485 e. The molecule has 24 heavy (non-hydrogen) atoms. The van der Waals surface area contributed by atoms with Crippen molar-refractivity contribution in [1.82, 2.24) is 0 Å². The van der Waals surface area contributed by atoms with E-state index < -0.39 is 0 Å². The third-order valence-electron chi connectivity index (χ3n) is 4.58. The minimum absolute atomic E-state index is 0.0817. The average Bonchev–Trinajstić information content (AvgIpc) is 3.16. The minimum Gasteiger partial charge on any atom is -0.485 e. The van der Waals surface area contributed by atoms with Crippen LogP contribution in [-0.4, -0.2) is 37.6 Å². The van der Waals surface area contributed by atoms with Crippen LogP contribution in [-0.2, 0) is 9.47 Å². The van der Waals surface area contributed by atoms with Crippen molar-refractivity contribution in [3.8, 4) is 11.5 Å². The van der Waals surface area contributed by atoms with E-state index in [1.165, 1.54) is 11.1 Å². The first kappa shape index (κ1) is 15.5. The van der Waals surface area contributed by atoms with E-state index in [0.29, 0.717) is 13.2 Å². The molecular weight excluding hydrogens is 304 g/mol. The Balaban J connectivity index is 1.39. The van der Waals surface area contributed by atoms with Crippen molar-refractivity contribution in [2.45, 2.75) is 38.3 Å². The van der Waals surface area contributed by atoms with E-state index in [1.54, 1.807) is 0 Å². The predicted molar refractivity (Wildman–Crippen MR) is 90.7 cm³/mol. The summed E-state index contributed by atoms with van der Waals surface area (Å²) in [6.07, 6.45) is -0.350. The fourth-order valence-corrected chi connectivity index (χ4v) is 3.21. The van der Waals surface area contributed by atoms with Crippen molar-refractivity contribution >= 4 is 0 Å². The van der Waals surface area contributed by atoms with E-state index in [-0.39, 0.29) is 24.4 Å². The lowest BCUT2D eigenvalue weighted by Crippen LogP contribution is -2.36. The Labute approximate surface area is 142 Å². The van der Waals surface area contributed by atoms with Gasteiger partial charge in [-0.2, -0.15) is 0 Å². The van der Waals surface area contributed by atoms with E-state index in [1.807, 2.05) is 48.5 Å². The normalized spacial score (nSPS) is 28.6. The summed E-state index contributed by atoms with van der Waals surface area (Å²) in [4.78, 5) is 0. The molecule has 2 aromatic rings. The predicted octanol–water partition coefficient (Wildman–Crippen LogP) is 3.30. The average molecular weight is 326 g/mol. The van der Waals surface area contributed by atoms with E-state index in [9.17, 15) is 0 Å². The summed E-state index contributed by atoms with van der Waals surface area (Å²) in [5.74, 6) is 1.70. The summed E-state index contributed by atoms with van der Waals surface area (Å²) in [5.41, 5.74) is 2.43. The molecule has 4 nitrogen and oxygen atoms in total. The van der Waals surface area contributed by atoms with E-state index in [0.717, 1.165) is 11.5 Å². The standard InChI is InChI=1S/C20H22O4/c1-13-3-7-15(8-4-13)23-17-11-21-20-18(12-22-19(17)20)24-16-9-5-14(2)6-10-16/h3-10,17-20H,11-12H2,1-2H3. The van der Waals surface area contributed by atoms with Gasteiger partial charge in [0.2, 0.25) is 0 Å². The van der Waals surface area contributed by atoms with Crippen molar-refractivity contribution < 1.29 is 18.9 Å². The Morgan fingerprint density at radius 3 is 1.42 bits per heavy atom. The highest BCUT2D eigenvalue weighted by Gasteiger charge is 2.50. The van der Waals surface area contributed by atoms with Gasteiger partial charge in [-0.15, -0.1) is 0 Å². The summed E-state index contributed by atoms with van der Waals surface area (Å²) < 4.78 is 23.9. The van der Waals surface area contributed by atoms with Gasteiger partial charge in [0.15, 0.2) is 12.2 Å². The van der Waals surface area contributed by atoms with Crippen molar-refractivity contribution in [1.29, 1.82) is 0 Å². The smallest absolute Gasteiger partial charge is 0.151 e. The van der Waals surface area contributed by atoms with Gasteiger partial charge in [0.25, 0.3) is 0 Å². The summed E-state index contributed by atoms with van der Waals surface area (Å²) in [5, 5.41) is 0. The van der Waals surface area contributed by atoms with Crippen LogP contribution in [0.25, 0.3) is 0 Å². The van der Waals surface area contributed by atoms with Crippen molar-refractivity contribution in [2.24, 2.45) is 0 Å². The molecular formula is C20H22O4. The molecule has 4 unspecified atom stereocenters. The van der Waals surface area contributed by atoms with Crippen LogP contribution in [0.2, 0.25) is 0 Å². The van der Waals surface area contributed by atoms with Crippen LogP contribution in [0.4, 0.5) is 0 Å². The first-order chi connectivity index (χ1) is 11.7. The molecule has 2 fully saturated rings. The molecule has 0 aromatic heterocycles. The number of benzene rings is 2. The molecule has 4 atom stereocenters. The minimum atomic E-state index is -0.0932. The van der Waals surface area contributed by atoms with Gasteiger partial charge in [-0.3, -0.25) is 0 Å². The topological polar surface area (TPSA) is 36.9 Å². The van der Waals surface area contributed by atoms with E-state index >= 15 is 0 Å². The van der Waals surface area contributed by atoms with Crippen LogP contribution in [0.1, 0.15) is 11.1 Å². The van der Waals surface area contributed by atoms with Gasteiger partial charge in [0.1, 0.15) is 23.7 Å². The number of ether oxygens (including phenoxy) is 4. The highest BCUT2D eigenvalue weighted by Crippen LogP contribution is 2.32. The van der Waals surface area contributed by atoms with E-state index in [2.05, 4.69) is 13.8 Å². The molecule has 2 aliphatic rings. The first-order valence-corrected chi connectivity index (χ1v) is 8.39. The summed E-state index contributed by atoms with van der Waals surface area (Å²) >= 11 is 0. The van der Waals surface area contributed by atoms with Gasteiger partial charge >= 0.3 is 0 Å². The molecule has 2 heterocycles. The maximum atomic E-state index is 6.05. The van der Waals surface area contributed by atoms with Crippen LogP contribution in [0.15, 0.2) is 48.5 Å². The van der Waals surface area contributed by atoms with Crippen LogP contribution >= 0.6 is 0 Å². The molecule has 0 spiro atoms. The van der Waals surface area contributed by atoms with Crippen LogP contribution in [0.3, 0.4) is 0 Å². The maximum absolute atomic E-state index is 6.05. The summed E-state index contributed by atoms with van der Waals surface area (Å²) in [6, 6.07) is 16.1. The fourth-order valence-electron chi connectivity index (χ4n) is 3.21. The molecule has 0 amide bonds. The number of fused-ring (bicyclic) bond motifs is 1. The zero-order valence-electron chi connectivity index (χ0n) is 14.0. The highest BCUT2D eigenvalue weighted by molar-refractivity contribution is 5.28. The van der Waals surface area contributed by atoms with Crippen LogP contribution in [0.5, 0.6) is 11.5 Å².